The molecule has 1 unspecified atom stereocenters. The number of aromatic nitrogens is 4. The quantitative estimate of drug-likeness (QED) is 0.467. The van der Waals surface area contributed by atoms with E-state index in [1.165, 1.54) is 10.9 Å². The average molecular weight is 475 g/mol. The molecular weight excluding hydrogens is 448 g/mol. The maximum absolute atomic E-state index is 6.35. The minimum absolute atomic E-state index is 0.0673. The lowest BCUT2D eigenvalue weighted by molar-refractivity contribution is 0.122. The van der Waals surface area contributed by atoms with Gasteiger partial charge in [-0.3, -0.25) is 0 Å². The van der Waals surface area contributed by atoms with E-state index in [9.17, 15) is 0 Å². The monoisotopic (exact) mass is 474 g/mol. The molecule has 5 heterocycles. The third-order valence-electron chi connectivity index (χ3n) is 6.74. The molecule has 1 fully saturated rings. The van der Waals surface area contributed by atoms with Crippen LogP contribution in [0.15, 0.2) is 42.6 Å². The van der Waals surface area contributed by atoms with Crippen molar-refractivity contribution in [2.45, 2.75) is 26.3 Å². The van der Waals surface area contributed by atoms with E-state index in [0.29, 0.717) is 0 Å². The SMILES string of the molecule is Cc1cc(C)nc(N2CCc3c([nH]c4ccc(Cl)cc34)C2c2ccc(N3CCOCC3)nc2)n1. The number of rotatable bonds is 3. The number of hydrogen-bond acceptors (Lipinski definition) is 6. The third-order valence-corrected chi connectivity index (χ3v) is 6.97. The Bertz CT molecular complexity index is 1330. The fraction of sp³-hybridized carbons (Fsp3) is 0.346. The molecule has 2 aliphatic heterocycles. The van der Waals surface area contributed by atoms with E-state index in [0.717, 1.165) is 84.2 Å². The van der Waals surface area contributed by atoms with Crippen molar-refractivity contribution in [3.63, 3.8) is 0 Å². The first kappa shape index (κ1) is 21.4. The Hall–Kier alpha value is -3.16. The molecule has 1 N–H and O–H groups in total. The normalized spacial score (nSPS) is 18.4. The van der Waals surface area contributed by atoms with Gasteiger partial charge in [0.2, 0.25) is 5.95 Å². The second-order valence-corrected chi connectivity index (χ2v) is 9.49. The first-order valence-electron chi connectivity index (χ1n) is 11.7. The molecule has 0 radical (unpaired) electrons. The molecule has 0 amide bonds. The summed E-state index contributed by atoms with van der Waals surface area (Å²) in [4.78, 5) is 22.7. The van der Waals surface area contributed by atoms with Gasteiger partial charge < -0.3 is 19.5 Å². The van der Waals surface area contributed by atoms with Crippen molar-refractivity contribution in [3.8, 4) is 0 Å². The number of fused-ring (bicyclic) bond motifs is 3. The zero-order valence-corrected chi connectivity index (χ0v) is 20.1. The number of aromatic amines is 1. The van der Waals surface area contributed by atoms with Crippen molar-refractivity contribution in [1.29, 1.82) is 0 Å². The molecule has 6 rings (SSSR count). The van der Waals surface area contributed by atoms with Crippen LogP contribution in [-0.4, -0.2) is 52.8 Å². The highest BCUT2D eigenvalue weighted by Crippen LogP contribution is 2.40. The standard InChI is InChI=1S/C26H27ClN6O/c1-16-13-17(2)30-26(29-16)33-8-7-20-21-14-19(27)4-5-22(21)31-24(20)25(33)18-3-6-23(28-15-18)32-9-11-34-12-10-32/h3-6,13-15,25,31H,7-12H2,1-2H3. The van der Waals surface area contributed by atoms with Crippen molar-refractivity contribution in [2.24, 2.45) is 0 Å². The minimum Gasteiger partial charge on any atom is -0.378 e. The number of hydrogen-bond donors (Lipinski definition) is 1. The average Bonchev–Trinajstić information content (AvgIpc) is 3.21. The highest BCUT2D eigenvalue weighted by Gasteiger charge is 2.34. The molecule has 2 aliphatic rings. The largest absolute Gasteiger partial charge is 0.378 e. The van der Waals surface area contributed by atoms with Crippen molar-refractivity contribution in [3.05, 3.63) is 75.8 Å². The van der Waals surface area contributed by atoms with Gasteiger partial charge in [-0.1, -0.05) is 17.7 Å². The minimum atomic E-state index is -0.0673. The second kappa shape index (κ2) is 8.56. The summed E-state index contributed by atoms with van der Waals surface area (Å²) in [5, 5.41) is 1.94. The van der Waals surface area contributed by atoms with Crippen LogP contribution >= 0.6 is 11.6 Å². The van der Waals surface area contributed by atoms with Crippen molar-refractivity contribution >= 4 is 34.3 Å². The van der Waals surface area contributed by atoms with Gasteiger partial charge in [0.05, 0.1) is 19.3 Å². The second-order valence-electron chi connectivity index (χ2n) is 9.05. The number of nitrogens with zero attached hydrogens (tertiary/aromatic N) is 5. The molecule has 0 bridgehead atoms. The molecule has 1 atom stereocenters. The van der Waals surface area contributed by atoms with Gasteiger partial charge in [0.1, 0.15) is 5.82 Å². The zero-order chi connectivity index (χ0) is 23.2. The van der Waals surface area contributed by atoms with Gasteiger partial charge in [-0.15, -0.1) is 0 Å². The van der Waals surface area contributed by atoms with Gasteiger partial charge >= 0.3 is 0 Å². The lowest BCUT2D eigenvalue weighted by atomic mass is 9.93. The van der Waals surface area contributed by atoms with Gasteiger partial charge in [-0.25, -0.2) is 15.0 Å². The van der Waals surface area contributed by atoms with Crippen molar-refractivity contribution in [2.75, 3.05) is 42.6 Å². The van der Waals surface area contributed by atoms with Gasteiger partial charge in [0.15, 0.2) is 0 Å². The summed E-state index contributed by atoms with van der Waals surface area (Å²) in [6, 6.07) is 12.3. The van der Waals surface area contributed by atoms with Crippen LogP contribution < -0.4 is 9.80 Å². The summed E-state index contributed by atoms with van der Waals surface area (Å²) in [6.45, 7) is 8.07. The summed E-state index contributed by atoms with van der Waals surface area (Å²) in [5.41, 5.74) is 6.61. The number of halogens is 1. The molecular formula is C26H27ClN6O. The molecule has 1 aromatic carbocycles. The smallest absolute Gasteiger partial charge is 0.226 e. The lowest BCUT2D eigenvalue weighted by Crippen LogP contribution is -2.38. The molecule has 34 heavy (non-hydrogen) atoms. The number of morpholine rings is 1. The fourth-order valence-electron chi connectivity index (χ4n) is 5.20. The zero-order valence-electron chi connectivity index (χ0n) is 19.4. The van der Waals surface area contributed by atoms with E-state index >= 15 is 0 Å². The molecule has 4 aromatic rings. The Morgan fingerprint density at radius 1 is 1.00 bits per heavy atom. The lowest BCUT2D eigenvalue weighted by Gasteiger charge is -2.36. The number of pyridine rings is 1. The Morgan fingerprint density at radius 3 is 2.53 bits per heavy atom. The molecule has 7 nitrogen and oxygen atoms in total. The van der Waals surface area contributed by atoms with Crippen LogP contribution in [0, 0.1) is 13.8 Å². The highest BCUT2D eigenvalue weighted by atomic mass is 35.5. The van der Waals surface area contributed by atoms with Crippen LogP contribution in [-0.2, 0) is 11.2 Å². The van der Waals surface area contributed by atoms with Crippen LogP contribution in [0.4, 0.5) is 11.8 Å². The number of nitrogens with one attached hydrogen (secondary N) is 1. The third kappa shape index (κ3) is 3.79. The Kier molecular flexibility index (Phi) is 5.38. The van der Waals surface area contributed by atoms with E-state index in [-0.39, 0.29) is 6.04 Å². The molecule has 174 valence electrons. The molecule has 1 saturated heterocycles. The fourth-order valence-corrected chi connectivity index (χ4v) is 5.37. The number of anilines is 2. The summed E-state index contributed by atoms with van der Waals surface area (Å²) in [5.74, 6) is 1.74. The predicted octanol–water partition coefficient (Wildman–Crippen LogP) is 4.61. The van der Waals surface area contributed by atoms with E-state index in [1.54, 1.807) is 0 Å². The van der Waals surface area contributed by atoms with Crippen LogP contribution in [0.2, 0.25) is 5.02 Å². The highest BCUT2D eigenvalue weighted by molar-refractivity contribution is 6.31. The predicted molar refractivity (Wildman–Crippen MR) is 135 cm³/mol. The van der Waals surface area contributed by atoms with E-state index in [4.69, 9.17) is 31.3 Å². The first-order valence-corrected chi connectivity index (χ1v) is 12.1. The summed E-state index contributed by atoms with van der Waals surface area (Å²) >= 11 is 6.35. The molecule has 0 spiro atoms. The Labute approximate surface area is 203 Å². The maximum atomic E-state index is 6.35. The molecule has 8 heteroatoms. The van der Waals surface area contributed by atoms with Crippen LogP contribution in [0.3, 0.4) is 0 Å². The molecule has 3 aromatic heterocycles. The van der Waals surface area contributed by atoms with Crippen LogP contribution in [0.5, 0.6) is 0 Å². The summed E-state index contributed by atoms with van der Waals surface area (Å²) in [6.07, 6.45) is 2.89. The van der Waals surface area contributed by atoms with Crippen LogP contribution in [0.25, 0.3) is 10.9 Å². The van der Waals surface area contributed by atoms with E-state index in [2.05, 4.69) is 39.0 Å². The molecule has 0 saturated carbocycles. The van der Waals surface area contributed by atoms with Crippen molar-refractivity contribution < 1.29 is 4.74 Å². The van der Waals surface area contributed by atoms with Gasteiger partial charge in [0, 0.05) is 58.8 Å². The van der Waals surface area contributed by atoms with E-state index < -0.39 is 0 Å². The maximum Gasteiger partial charge on any atom is 0.226 e. The van der Waals surface area contributed by atoms with Gasteiger partial charge in [0.25, 0.3) is 0 Å². The van der Waals surface area contributed by atoms with Gasteiger partial charge in [-0.05, 0) is 61.7 Å². The van der Waals surface area contributed by atoms with E-state index in [1.807, 2.05) is 32.2 Å². The van der Waals surface area contributed by atoms with Gasteiger partial charge in [-0.2, -0.15) is 0 Å². The topological polar surface area (TPSA) is 70.2 Å². The van der Waals surface area contributed by atoms with Crippen molar-refractivity contribution in [1.82, 2.24) is 19.9 Å². The Balaban J connectivity index is 1.46. The number of H-pyrrole nitrogens is 1. The summed E-state index contributed by atoms with van der Waals surface area (Å²) < 4.78 is 5.50. The molecule has 0 aliphatic carbocycles. The summed E-state index contributed by atoms with van der Waals surface area (Å²) in [7, 11) is 0. The Morgan fingerprint density at radius 2 is 1.79 bits per heavy atom. The first-order chi connectivity index (χ1) is 16.6. The number of benzene rings is 1. The van der Waals surface area contributed by atoms with Crippen LogP contribution in [0.1, 0.15) is 34.3 Å². The number of ether oxygens (including phenoxy) is 1. The number of aryl methyl sites for hydroxylation is 2.